The van der Waals surface area contributed by atoms with Crippen LogP contribution in [0.5, 0.6) is 5.75 Å². The van der Waals surface area contributed by atoms with E-state index in [-0.39, 0.29) is 11.9 Å². The number of carbonyl (C=O) groups excluding carboxylic acids is 1. The largest absolute Gasteiger partial charge is 0.492 e. The number of amides is 1. The van der Waals surface area contributed by atoms with Gasteiger partial charge in [0.2, 0.25) is 0 Å². The van der Waals surface area contributed by atoms with Crippen molar-refractivity contribution in [2.45, 2.75) is 44.7 Å². The van der Waals surface area contributed by atoms with Gasteiger partial charge in [0, 0.05) is 31.5 Å². The molecule has 0 atom stereocenters. The second-order valence-corrected chi connectivity index (χ2v) is 8.51. The predicted octanol–water partition coefficient (Wildman–Crippen LogP) is 3.40. The van der Waals surface area contributed by atoms with Crippen molar-refractivity contribution in [1.29, 1.82) is 0 Å². The molecule has 1 aliphatic carbocycles. The first-order chi connectivity index (χ1) is 15.3. The minimum atomic E-state index is -0.00683. The highest BCUT2D eigenvalue weighted by molar-refractivity contribution is 5.99. The quantitative estimate of drug-likeness (QED) is 0.560. The van der Waals surface area contributed by atoms with Crippen LogP contribution in [0, 0.1) is 0 Å². The van der Waals surface area contributed by atoms with Crippen molar-refractivity contribution in [3.8, 4) is 5.75 Å². The number of rotatable bonds is 8. The molecule has 1 amide bonds. The summed E-state index contributed by atoms with van der Waals surface area (Å²) in [6, 6.07) is 10.2. The van der Waals surface area contributed by atoms with E-state index in [1.807, 2.05) is 29.3 Å². The normalized spacial score (nSPS) is 17.0. The molecule has 3 heterocycles. The van der Waals surface area contributed by atoms with E-state index in [0.29, 0.717) is 24.4 Å². The Morgan fingerprint density at radius 2 is 2.03 bits per heavy atom. The highest BCUT2D eigenvalue weighted by atomic mass is 16.5. The number of piperidine rings is 1. The molecule has 0 radical (unpaired) electrons. The van der Waals surface area contributed by atoms with Gasteiger partial charge in [0.25, 0.3) is 5.91 Å². The molecule has 0 unspecified atom stereocenters. The van der Waals surface area contributed by atoms with Gasteiger partial charge in [-0.2, -0.15) is 5.10 Å². The van der Waals surface area contributed by atoms with Gasteiger partial charge in [-0.15, -0.1) is 0 Å². The molecule has 0 spiro atoms. The molecule has 0 bridgehead atoms. The maximum atomic E-state index is 13.3. The Morgan fingerprint density at radius 3 is 2.87 bits per heavy atom. The summed E-state index contributed by atoms with van der Waals surface area (Å²) in [5.41, 5.74) is 2.24. The Morgan fingerprint density at radius 1 is 1.16 bits per heavy atom. The fraction of sp³-hybridized carbons (Fsp3) is 0.458. The summed E-state index contributed by atoms with van der Waals surface area (Å²) in [6.45, 7) is 4.60. The zero-order chi connectivity index (χ0) is 21.0. The Labute approximate surface area is 182 Å². The Balaban J connectivity index is 1.25. The van der Waals surface area contributed by atoms with Gasteiger partial charge in [-0.25, -0.2) is 9.50 Å². The Kier molecular flexibility index (Phi) is 5.84. The molecular weight excluding hydrogens is 390 g/mol. The van der Waals surface area contributed by atoms with Crippen molar-refractivity contribution in [1.82, 2.24) is 24.4 Å². The van der Waals surface area contributed by atoms with Crippen molar-refractivity contribution >= 4 is 11.6 Å². The predicted molar refractivity (Wildman–Crippen MR) is 118 cm³/mol. The van der Waals surface area contributed by atoms with Crippen molar-refractivity contribution in [2.75, 3.05) is 26.2 Å². The third kappa shape index (κ3) is 4.71. The van der Waals surface area contributed by atoms with Crippen molar-refractivity contribution in [2.24, 2.45) is 0 Å². The van der Waals surface area contributed by atoms with Crippen LogP contribution >= 0.6 is 0 Å². The molecule has 1 aromatic carbocycles. The lowest BCUT2D eigenvalue weighted by Crippen LogP contribution is -2.33. The number of nitrogens with zero attached hydrogens (tertiary/aromatic N) is 5. The van der Waals surface area contributed by atoms with Gasteiger partial charge in [0.1, 0.15) is 17.9 Å². The van der Waals surface area contributed by atoms with Crippen LogP contribution in [0.1, 0.15) is 48.0 Å². The fourth-order valence-electron chi connectivity index (χ4n) is 4.29. The molecule has 7 heteroatoms. The number of ether oxygens (including phenoxy) is 1. The summed E-state index contributed by atoms with van der Waals surface area (Å²) < 4.78 is 7.68. The molecule has 2 aliphatic rings. The molecular formula is C24H29N5O2. The van der Waals surface area contributed by atoms with E-state index in [1.54, 1.807) is 16.9 Å². The molecule has 3 aromatic rings. The van der Waals surface area contributed by atoms with Gasteiger partial charge < -0.3 is 9.64 Å². The third-order valence-corrected chi connectivity index (χ3v) is 6.13. The van der Waals surface area contributed by atoms with Crippen LogP contribution in [0.2, 0.25) is 0 Å². The highest BCUT2D eigenvalue weighted by Crippen LogP contribution is 2.31. The summed E-state index contributed by atoms with van der Waals surface area (Å²) in [6.07, 6.45) is 11.2. The standard InChI is InChI=1S/C24H29N5O2/c30-24(22-17-26-29-13-5-10-25-23(22)29)28(20-8-9-20)18-19-6-4-7-21(16-19)31-15-14-27-11-2-1-3-12-27/h4-7,10,13,16-17,20H,1-3,8-9,11-12,14-15,18H2. The second-order valence-electron chi connectivity index (χ2n) is 8.51. The van der Waals surface area contributed by atoms with E-state index in [4.69, 9.17) is 4.74 Å². The first kappa shape index (κ1) is 20.0. The number of aromatic nitrogens is 3. The monoisotopic (exact) mass is 419 g/mol. The molecule has 5 rings (SSSR count). The smallest absolute Gasteiger partial charge is 0.259 e. The first-order valence-electron chi connectivity index (χ1n) is 11.3. The minimum absolute atomic E-state index is 0.00683. The highest BCUT2D eigenvalue weighted by Gasteiger charge is 2.34. The van der Waals surface area contributed by atoms with E-state index < -0.39 is 0 Å². The van der Waals surface area contributed by atoms with Gasteiger partial charge in [-0.05, 0) is 62.5 Å². The first-order valence-corrected chi connectivity index (χ1v) is 11.3. The molecule has 2 fully saturated rings. The molecule has 162 valence electrons. The maximum Gasteiger partial charge on any atom is 0.259 e. The maximum absolute atomic E-state index is 13.3. The van der Waals surface area contributed by atoms with Gasteiger partial charge in [-0.3, -0.25) is 9.69 Å². The van der Waals surface area contributed by atoms with Crippen LogP contribution in [-0.2, 0) is 6.54 Å². The van der Waals surface area contributed by atoms with Gasteiger partial charge >= 0.3 is 0 Å². The summed E-state index contributed by atoms with van der Waals surface area (Å²) in [5, 5.41) is 4.28. The molecule has 7 nitrogen and oxygen atoms in total. The lowest BCUT2D eigenvalue weighted by atomic mass is 10.1. The second kappa shape index (κ2) is 9.06. The van der Waals surface area contributed by atoms with E-state index in [0.717, 1.165) is 30.7 Å². The minimum Gasteiger partial charge on any atom is -0.492 e. The van der Waals surface area contributed by atoms with E-state index in [9.17, 15) is 4.79 Å². The number of likely N-dealkylation sites (tertiary alicyclic amines) is 1. The zero-order valence-electron chi connectivity index (χ0n) is 17.8. The average molecular weight is 420 g/mol. The molecule has 1 saturated carbocycles. The lowest BCUT2D eigenvalue weighted by Gasteiger charge is -2.26. The Bertz CT molecular complexity index is 1040. The van der Waals surface area contributed by atoms with Gasteiger partial charge in [0.05, 0.1) is 6.20 Å². The van der Waals surface area contributed by atoms with Crippen LogP contribution in [0.4, 0.5) is 0 Å². The fourth-order valence-corrected chi connectivity index (χ4v) is 4.29. The van der Waals surface area contributed by atoms with Crippen LogP contribution in [0.3, 0.4) is 0 Å². The van der Waals surface area contributed by atoms with Crippen LogP contribution in [-0.4, -0.2) is 62.6 Å². The van der Waals surface area contributed by atoms with Crippen LogP contribution < -0.4 is 4.74 Å². The van der Waals surface area contributed by atoms with Crippen LogP contribution in [0.25, 0.3) is 5.65 Å². The zero-order valence-corrected chi connectivity index (χ0v) is 17.8. The van der Waals surface area contributed by atoms with Gasteiger partial charge in [0.15, 0.2) is 5.65 Å². The van der Waals surface area contributed by atoms with Gasteiger partial charge in [-0.1, -0.05) is 18.6 Å². The van der Waals surface area contributed by atoms with Crippen LogP contribution in [0.15, 0.2) is 48.9 Å². The number of hydrogen-bond acceptors (Lipinski definition) is 5. The summed E-state index contributed by atoms with van der Waals surface area (Å²) in [7, 11) is 0. The number of benzene rings is 1. The summed E-state index contributed by atoms with van der Waals surface area (Å²) in [5.74, 6) is 0.864. The molecule has 1 aliphatic heterocycles. The number of hydrogen-bond donors (Lipinski definition) is 0. The third-order valence-electron chi connectivity index (χ3n) is 6.13. The van der Waals surface area contributed by atoms with Crippen molar-refractivity contribution in [3.05, 3.63) is 60.0 Å². The Hall–Kier alpha value is -2.93. The van der Waals surface area contributed by atoms with Crippen molar-refractivity contribution in [3.63, 3.8) is 0 Å². The van der Waals surface area contributed by atoms with E-state index in [2.05, 4.69) is 27.1 Å². The average Bonchev–Trinajstić information content (AvgIpc) is 3.56. The lowest BCUT2D eigenvalue weighted by molar-refractivity contribution is 0.0731. The van der Waals surface area contributed by atoms with E-state index >= 15 is 0 Å². The topological polar surface area (TPSA) is 63.0 Å². The summed E-state index contributed by atoms with van der Waals surface area (Å²) >= 11 is 0. The summed E-state index contributed by atoms with van der Waals surface area (Å²) in [4.78, 5) is 22.1. The molecule has 31 heavy (non-hydrogen) atoms. The van der Waals surface area contributed by atoms with Crippen molar-refractivity contribution < 1.29 is 9.53 Å². The molecule has 0 N–H and O–H groups in total. The number of fused-ring (bicyclic) bond motifs is 1. The molecule has 2 aromatic heterocycles. The molecule has 1 saturated heterocycles. The SMILES string of the molecule is O=C(c1cnn2cccnc12)N(Cc1cccc(OCCN2CCCCC2)c1)C1CC1. The number of carbonyl (C=O) groups is 1. The van der Waals surface area contributed by atoms with E-state index in [1.165, 1.54) is 32.4 Å².